The van der Waals surface area contributed by atoms with Gasteiger partial charge in [0.15, 0.2) is 0 Å². The van der Waals surface area contributed by atoms with Crippen LogP contribution >= 0.6 is 0 Å². The minimum absolute atomic E-state index is 0.105. The van der Waals surface area contributed by atoms with Crippen molar-refractivity contribution in [3.05, 3.63) is 77.0 Å². The number of hydrogen-bond donors (Lipinski definition) is 2. The minimum atomic E-state index is -0.105. The van der Waals surface area contributed by atoms with E-state index in [9.17, 15) is 4.79 Å². The number of amides is 1. The Hall–Kier alpha value is -3.28. The van der Waals surface area contributed by atoms with Crippen LogP contribution in [-0.2, 0) is 19.5 Å². The van der Waals surface area contributed by atoms with Gasteiger partial charge in [-0.05, 0) is 36.6 Å². The molecule has 6 nitrogen and oxygen atoms in total. The molecule has 0 saturated carbocycles. The molecule has 1 atom stereocenters. The highest BCUT2D eigenvalue weighted by atomic mass is 16.5. The summed E-state index contributed by atoms with van der Waals surface area (Å²) in [5, 5.41) is 11.2. The van der Waals surface area contributed by atoms with E-state index in [0.29, 0.717) is 25.1 Å². The average molecular weight is 390 g/mol. The van der Waals surface area contributed by atoms with Crippen LogP contribution in [0.3, 0.4) is 0 Å². The minimum Gasteiger partial charge on any atom is -0.494 e. The Morgan fingerprint density at radius 2 is 2.03 bits per heavy atom. The summed E-state index contributed by atoms with van der Waals surface area (Å²) in [6.07, 6.45) is 0.709. The van der Waals surface area contributed by atoms with E-state index in [-0.39, 0.29) is 11.9 Å². The van der Waals surface area contributed by atoms with Gasteiger partial charge in [0.05, 0.1) is 24.9 Å². The Kier molecular flexibility index (Phi) is 5.51. The van der Waals surface area contributed by atoms with E-state index in [1.165, 1.54) is 5.56 Å². The van der Waals surface area contributed by atoms with Gasteiger partial charge >= 0.3 is 0 Å². The first-order valence-electron chi connectivity index (χ1n) is 10.1. The fourth-order valence-electron chi connectivity index (χ4n) is 3.72. The zero-order valence-corrected chi connectivity index (χ0v) is 16.8. The molecule has 0 unspecified atom stereocenters. The number of carbonyl (C=O) groups is 1. The van der Waals surface area contributed by atoms with Crippen molar-refractivity contribution in [1.29, 1.82) is 0 Å². The molecule has 0 radical (unpaired) electrons. The van der Waals surface area contributed by atoms with Crippen molar-refractivity contribution in [3.63, 3.8) is 0 Å². The van der Waals surface area contributed by atoms with Gasteiger partial charge in [-0.15, -0.1) is 0 Å². The lowest BCUT2D eigenvalue weighted by molar-refractivity contribution is 0.0950. The van der Waals surface area contributed by atoms with E-state index in [0.717, 1.165) is 29.4 Å². The van der Waals surface area contributed by atoms with Crippen molar-refractivity contribution in [2.24, 2.45) is 0 Å². The van der Waals surface area contributed by atoms with Crippen LogP contribution in [-0.4, -0.2) is 22.3 Å². The van der Waals surface area contributed by atoms with E-state index >= 15 is 0 Å². The zero-order chi connectivity index (χ0) is 20.2. The molecule has 0 aliphatic carbocycles. The quantitative estimate of drug-likeness (QED) is 0.641. The number of aryl methyl sites for hydroxylation is 1. The molecule has 0 bridgehead atoms. The lowest BCUT2D eigenvalue weighted by atomic mass is 10.1. The first-order valence-corrected chi connectivity index (χ1v) is 10.1. The normalized spacial score (nSPS) is 14.9. The molecule has 2 aromatic carbocycles. The van der Waals surface area contributed by atoms with E-state index in [1.807, 2.05) is 61.0 Å². The third kappa shape index (κ3) is 3.97. The number of fused-ring (bicyclic) bond motifs is 1. The molecule has 0 spiro atoms. The molecule has 2 heterocycles. The number of benzene rings is 2. The fourth-order valence-corrected chi connectivity index (χ4v) is 3.72. The smallest absolute Gasteiger partial charge is 0.257 e. The highest BCUT2D eigenvalue weighted by Crippen LogP contribution is 2.33. The van der Waals surface area contributed by atoms with Gasteiger partial charge in [-0.1, -0.05) is 49.4 Å². The molecule has 1 aliphatic heterocycles. The Bertz CT molecular complexity index is 997. The lowest BCUT2D eigenvalue weighted by Gasteiger charge is -2.12. The highest BCUT2D eigenvalue weighted by molar-refractivity contribution is 6.00. The maximum atomic E-state index is 13.0. The van der Waals surface area contributed by atoms with Gasteiger partial charge in [-0.25, -0.2) is 4.68 Å². The number of ether oxygens (including phenoxy) is 1. The van der Waals surface area contributed by atoms with Crippen molar-refractivity contribution < 1.29 is 9.53 Å². The number of nitrogens with one attached hydrogen (secondary N) is 2. The summed E-state index contributed by atoms with van der Waals surface area (Å²) >= 11 is 0. The predicted molar refractivity (Wildman–Crippen MR) is 113 cm³/mol. The van der Waals surface area contributed by atoms with Gasteiger partial charge in [0.1, 0.15) is 17.1 Å². The lowest BCUT2D eigenvalue weighted by Crippen LogP contribution is -2.24. The molecule has 6 heteroatoms. The topological polar surface area (TPSA) is 68.2 Å². The number of carbonyl (C=O) groups excluding carboxylic acids is 1. The number of rotatable bonds is 7. The van der Waals surface area contributed by atoms with Gasteiger partial charge in [0, 0.05) is 6.54 Å². The largest absolute Gasteiger partial charge is 0.494 e. The molecule has 0 saturated heterocycles. The van der Waals surface area contributed by atoms with E-state index < -0.39 is 0 Å². The molecule has 29 heavy (non-hydrogen) atoms. The van der Waals surface area contributed by atoms with E-state index in [2.05, 4.69) is 27.9 Å². The van der Waals surface area contributed by atoms with Gasteiger partial charge in [0.25, 0.3) is 5.91 Å². The Morgan fingerprint density at radius 1 is 1.21 bits per heavy atom. The molecule has 3 aromatic rings. The highest BCUT2D eigenvalue weighted by Gasteiger charge is 2.30. The Labute approximate surface area is 170 Å². The number of aromatic nitrogens is 2. The maximum Gasteiger partial charge on any atom is 0.257 e. The number of anilines is 1. The standard InChI is InChI=1S/C23H26N4O2/c1-3-19-21(23(28)24-14-16-9-8-12-18(13-16)29-4-2)22-25-20(15-27(22)26-19)17-10-6-5-7-11-17/h5-13,20,25H,3-4,14-15H2,1-2H3,(H,24,28)/t20-/m0/s1. The molecule has 1 amide bonds. The van der Waals surface area contributed by atoms with Crippen LogP contribution in [0.4, 0.5) is 5.82 Å². The van der Waals surface area contributed by atoms with Crippen molar-refractivity contribution in [2.45, 2.75) is 39.4 Å². The van der Waals surface area contributed by atoms with Crippen LogP contribution in [0.15, 0.2) is 54.6 Å². The summed E-state index contributed by atoms with van der Waals surface area (Å²) in [5.41, 5.74) is 3.66. The van der Waals surface area contributed by atoms with Crippen LogP contribution in [0, 0.1) is 0 Å². The first-order chi connectivity index (χ1) is 14.2. The van der Waals surface area contributed by atoms with Crippen LogP contribution in [0.1, 0.15) is 47.1 Å². The van der Waals surface area contributed by atoms with Crippen molar-refractivity contribution >= 4 is 11.7 Å². The maximum absolute atomic E-state index is 13.0. The van der Waals surface area contributed by atoms with Gasteiger partial charge in [-0.2, -0.15) is 5.10 Å². The monoisotopic (exact) mass is 390 g/mol. The summed E-state index contributed by atoms with van der Waals surface area (Å²) in [5.74, 6) is 1.51. The van der Waals surface area contributed by atoms with Crippen LogP contribution in [0.2, 0.25) is 0 Å². The molecule has 150 valence electrons. The molecular formula is C23H26N4O2. The zero-order valence-electron chi connectivity index (χ0n) is 16.8. The summed E-state index contributed by atoms with van der Waals surface area (Å²) in [6.45, 7) is 5.75. The summed E-state index contributed by atoms with van der Waals surface area (Å²) in [6, 6.07) is 18.2. The van der Waals surface area contributed by atoms with Gasteiger partial charge in [0.2, 0.25) is 0 Å². The van der Waals surface area contributed by atoms with Crippen molar-refractivity contribution in [1.82, 2.24) is 15.1 Å². The molecule has 0 fully saturated rings. The van der Waals surface area contributed by atoms with E-state index in [1.54, 1.807) is 0 Å². The molecule has 1 aliphatic rings. The van der Waals surface area contributed by atoms with Crippen LogP contribution in [0.25, 0.3) is 0 Å². The SMILES string of the molecule is CCOc1cccc(CNC(=O)c2c(CC)nn3c2N[C@H](c2ccccc2)C3)c1. The molecule has 2 N–H and O–H groups in total. The summed E-state index contributed by atoms with van der Waals surface area (Å²) < 4.78 is 7.46. The molecular weight excluding hydrogens is 364 g/mol. The van der Waals surface area contributed by atoms with E-state index in [4.69, 9.17) is 4.74 Å². The second-order valence-corrected chi connectivity index (χ2v) is 7.08. The van der Waals surface area contributed by atoms with Crippen molar-refractivity contribution in [2.75, 3.05) is 11.9 Å². The second kappa shape index (κ2) is 8.39. The van der Waals surface area contributed by atoms with Crippen LogP contribution < -0.4 is 15.4 Å². The molecule has 1 aromatic heterocycles. The van der Waals surface area contributed by atoms with Gasteiger partial charge in [-0.3, -0.25) is 4.79 Å². The third-order valence-electron chi connectivity index (χ3n) is 5.12. The Balaban J connectivity index is 1.50. The van der Waals surface area contributed by atoms with Crippen LogP contribution in [0.5, 0.6) is 5.75 Å². The molecule has 4 rings (SSSR count). The van der Waals surface area contributed by atoms with Gasteiger partial charge < -0.3 is 15.4 Å². The predicted octanol–water partition coefficient (Wildman–Crippen LogP) is 3.94. The number of nitrogens with zero attached hydrogens (tertiary/aromatic N) is 2. The van der Waals surface area contributed by atoms with Crippen molar-refractivity contribution in [3.8, 4) is 5.75 Å². The third-order valence-corrected chi connectivity index (χ3v) is 5.12. The number of hydrogen-bond acceptors (Lipinski definition) is 4. The second-order valence-electron chi connectivity index (χ2n) is 7.08. The first kappa shape index (κ1) is 19.1. The summed E-state index contributed by atoms with van der Waals surface area (Å²) in [4.78, 5) is 13.0. The average Bonchev–Trinajstić information content (AvgIpc) is 3.31. The fraction of sp³-hybridized carbons (Fsp3) is 0.304. The Morgan fingerprint density at radius 3 is 2.79 bits per heavy atom. The summed E-state index contributed by atoms with van der Waals surface area (Å²) in [7, 11) is 0.